The second-order valence-electron chi connectivity index (χ2n) is 5.90. The number of hydrogen-bond donors (Lipinski definition) is 0. The SMILES string of the molecule is Cc1cc2oc(=O)cc(CSC(=S)N(C)C)c2cc1C(C)C. The van der Waals surface area contributed by atoms with Crippen molar-refractivity contribution in [1.29, 1.82) is 0 Å². The highest BCUT2D eigenvalue weighted by molar-refractivity contribution is 8.22. The van der Waals surface area contributed by atoms with E-state index in [0.29, 0.717) is 17.3 Å². The first kappa shape index (κ1) is 17.0. The first-order valence-electron chi connectivity index (χ1n) is 7.21. The molecule has 0 radical (unpaired) electrons. The van der Waals surface area contributed by atoms with Crippen molar-refractivity contribution in [2.24, 2.45) is 0 Å². The Balaban J connectivity index is 2.50. The standard InChI is InChI=1S/C17H21NO2S2/c1-10(2)13-8-14-12(9-22-17(21)18(4)5)7-16(19)20-15(14)6-11(13)3/h6-8,10H,9H2,1-5H3. The molecule has 0 aliphatic rings. The van der Waals surface area contributed by atoms with Crippen LogP contribution in [0.1, 0.15) is 36.5 Å². The molecule has 5 heteroatoms. The van der Waals surface area contributed by atoms with Gasteiger partial charge in [0.25, 0.3) is 0 Å². The van der Waals surface area contributed by atoms with E-state index in [-0.39, 0.29) is 5.63 Å². The average molecular weight is 335 g/mol. The number of thioether (sulfide) groups is 1. The smallest absolute Gasteiger partial charge is 0.336 e. The minimum atomic E-state index is -0.310. The highest BCUT2D eigenvalue weighted by atomic mass is 32.2. The van der Waals surface area contributed by atoms with Crippen molar-refractivity contribution in [3.05, 3.63) is 45.3 Å². The van der Waals surface area contributed by atoms with Crippen molar-refractivity contribution in [2.75, 3.05) is 14.1 Å². The van der Waals surface area contributed by atoms with Gasteiger partial charge in [0.2, 0.25) is 0 Å². The molecule has 0 saturated carbocycles. The maximum Gasteiger partial charge on any atom is 0.336 e. The van der Waals surface area contributed by atoms with Gasteiger partial charge < -0.3 is 9.32 Å². The van der Waals surface area contributed by atoms with E-state index in [1.54, 1.807) is 17.8 Å². The van der Waals surface area contributed by atoms with Crippen molar-refractivity contribution >= 4 is 39.3 Å². The molecule has 0 bridgehead atoms. The lowest BCUT2D eigenvalue weighted by Crippen LogP contribution is -2.16. The third-order valence-electron chi connectivity index (χ3n) is 3.56. The van der Waals surface area contributed by atoms with E-state index < -0.39 is 0 Å². The molecule has 0 amide bonds. The van der Waals surface area contributed by atoms with Crippen molar-refractivity contribution in [1.82, 2.24) is 4.90 Å². The van der Waals surface area contributed by atoms with Crippen LogP contribution in [-0.4, -0.2) is 23.3 Å². The summed E-state index contributed by atoms with van der Waals surface area (Å²) in [4.78, 5) is 13.7. The van der Waals surface area contributed by atoms with Crippen LogP contribution < -0.4 is 5.63 Å². The molecule has 0 saturated heterocycles. The van der Waals surface area contributed by atoms with E-state index in [0.717, 1.165) is 20.8 Å². The predicted molar refractivity (Wildman–Crippen MR) is 98.9 cm³/mol. The Labute approximate surface area is 140 Å². The van der Waals surface area contributed by atoms with Gasteiger partial charge in [-0.1, -0.05) is 37.8 Å². The van der Waals surface area contributed by atoms with Gasteiger partial charge in [-0.25, -0.2) is 4.79 Å². The summed E-state index contributed by atoms with van der Waals surface area (Å²) in [6.07, 6.45) is 0. The molecule has 1 heterocycles. The van der Waals surface area contributed by atoms with Gasteiger partial charge >= 0.3 is 5.63 Å². The topological polar surface area (TPSA) is 33.5 Å². The number of rotatable bonds is 3. The summed E-state index contributed by atoms with van der Waals surface area (Å²) in [7, 11) is 3.85. The molecule has 0 aliphatic heterocycles. The molecule has 2 aromatic rings. The lowest BCUT2D eigenvalue weighted by atomic mass is 9.95. The average Bonchev–Trinajstić information content (AvgIpc) is 2.42. The predicted octanol–water partition coefficient (Wildman–Crippen LogP) is 4.30. The Morgan fingerprint density at radius 3 is 2.59 bits per heavy atom. The fourth-order valence-corrected chi connectivity index (χ4v) is 3.35. The minimum absolute atomic E-state index is 0.310. The maximum absolute atomic E-state index is 11.8. The van der Waals surface area contributed by atoms with Gasteiger partial charge in [-0.15, -0.1) is 0 Å². The lowest BCUT2D eigenvalue weighted by molar-refractivity contribution is 0.559. The van der Waals surface area contributed by atoms with E-state index >= 15 is 0 Å². The summed E-state index contributed by atoms with van der Waals surface area (Å²) in [5.74, 6) is 1.10. The second-order valence-corrected chi connectivity index (χ2v) is 7.51. The van der Waals surface area contributed by atoms with Crippen LogP contribution in [0.15, 0.2) is 27.4 Å². The van der Waals surface area contributed by atoms with Crippen LogP contribution in [0.25, 0.3) is 11.0 Å². The fraction of sp³-hybridized carbons (Fsp3) is 0.412. The Morgan fingerprint density at radius 1 is 1.32 bits per heavy atom. The molecule has 3 nitrogen and oxygen atoms in total. The third kappa shape index (κ3) is 3.70. The molecule has 0 atom stereocenters. The highest BCUT2D eigenvalue weighted by Gasteiger charge is 2.12. The number of benzene rings is 1. The molecular formula is C17H21NO2S2. The zero-order chi connectivity index (χ0) is 16.4. The number of nitrogens with zero attached hydrogens (tertiary/aromatic N) is 1. The molecule has 22 heavy (non-hydrogen) atoms. The largest absolute Gasteiger partial charge is 0.423 e. The van der Waals surface area contributed by atoms with Crippen molar-refractivity contribution in [3.8, 4) is 0 Å². The Morgan fingerprint density at radius 2 is 2.00 bits per heavy atom. The summed E-state index contributed by atoms with van der Waals surface area (Å²) in [6.45, 7) is 6.39. The molecule has 1 aromatic heterocycles. The first-order valence-corrected chi connectivity index (χ1v) is 8.60. The molecule has 0 fully saturated rings. The molecule has 0 aliphatic carbocycles. The van der Waals surface area contributed by atoms with E-state index in [2.05, 4.69) is 26.8 Å². The molecule has 0 spiro atoms. The van der Waals surface area contributed by atoms with E-state index in [4.69, 9.17) is 16.6 Å². The molecule has 0 unspecified atom stereocenters. The van der Waals surface area contributed by atoms with Gasteiger partial charge in [-0.2, -0.15) is 0 Å². The van der Waals surface area contributed by atoms with E-state index in [9.17, 15) is 4.79 Å². The fourth-order valence-electron chi connectivity index (χ4n) is 2.40. The molecule has 0 N–H and O–H groups in total. The van der Waals surface area contributed by atoms with Crippen LogP contribution in [0, 0.1) is 6.92 Å². The van der Waals surface area contributed by atoms with Crippen LogP contribution in [0.3, 0.4) is 0 Å². The quantitative estimate of drug-likeness (QED) is 0.617. The van der Waals surface area contributed by atoms with Crippen LogP contribution in [0.4, 0.5) is 0 Å². The number of hydrogen-bond acceptors (Lipinski definition) is 4. The molecule has 2 rings (SSSR count). The summed E-state index contributed by atoms with van der Waals surface area (Å²) in [6, 6.07) is 5.68. The van der Waals surface area contributed by atoms with E-state index in [1.807, 2.05) is 25.1 Å². The van der Waals surface area contributed by atoms with Crippen molar-refractivity contribution in [2.45, 2.75) is 32.4 Å². The number of fused-ring (bicyclic) bond motifs is 1. The zero-order valence-corrected chi connectivity index (χ0v) is 15.2. The summed E-state index contributed by atoms with van der Waals surface area (Å²) in [5.41, 5.74) is 3.75. The van der Waals surface area contributed by atoms with Gasteiger partial charge in [0.05, 0.1) is 0 Å². The van der Waals surface area contributed by atoms with Crippen LogP contribution in [0.5, 0.6) is 0 Å². The first-order chi connectivity index (χ1) is 10.3. The second kappa shape index (κ2) is 6.84. The van der Waals surface area contributed by atoms with Gasteiger partial charge in [0.15, 0.2) is 0 Å². The van der Waals surface area contributed by atoms with Gasteiger partial charge in [0, 0.05) is 31.3 Å². The van der Waals surface area contributed by atoms with Crippen molar-refractivity contribution in [3.63, 3.8) is 0 Å². The summed E-state index contributed by atoms with van der Waals surface area (Å²) in [5, 5.41) is 1.00. The van der Waals surface area contributed by atoms with E-state index in [1.165, 1.54) is 5.56 Å². The summed E-state index contributed by atoms with van der Waals surface area (Å²) >= 11 is 6.86. The third-order valence-corrected chi connectivity index (χ3v) is 5.34. The maximum atomic E-state index is 11.8. The normalized spacial score (nSPS) is 11.2. The highest BCUT2D eigenvalue weighted by Crippen LogP contribution is 2.28. The van der Waals surface area contributed by atoms with Crippen LogP contribution >= 0.6 is 24.0 Å². The molecule has 1 aromatic carbocycles. The van der Waals surface area contributed by atoms with Crippen LogP contribution in [0.2, 0.25) is 0 Å². The lowest BCUT2D eigenvalue weighted by Gasteiger charge is -2.15. The Hall–Kier alpha value is -1.33. The van der Waals surface area contributed by atoms with Crippen molar-refractivity contribution < 1.29 is 4.42 Å². The summed E-state index contributed by atoms with van der Waals surface area (Å²) < 4.78 is 6.17. The Kier molecular flexibility index (Phi) is 5.29. The van der Waals surface area contributed by atoms with Crippen LogP contribution in [-0.2, 0) is 5.75 Å². The Bertz CT molecular complexity index is 763. The zero-order valence-electron chi connectivity index (χ0n) is 13.6. The van der Waals surface area contributed by atoms with Gasteiger partial charge in [-0.3, -0.25) is 0 Å². The monoisotopic (exact) mass is 335 g/mol. The molecular weight excluding hydrogens is 314 g/mol. The van der Waals surface area contributed by atoms with Gasteiger partial charge in [-0.05, 0) is 41.7 Å². The minimum Gasteiger partial charge on any atom is -0.423 e. The van der Waals surface area contributed by atoms with Gasteiger partial charge in [0.1, 0.15) is 9.90 Å². The number of aryl methyl sites for hydroxylation is 1. The molecule has 118 valence electrons. The number of thiocarbonyl (C=S) groups is 1.